The Bertz CT molecular complexity index is 711. The first-order valence-corrected chi connectivity index (χ1v) is 6.57. The number of nitrogens with one attached hydrogen (secondary N) is 1. The molecule has 0 saturated heterocycles. The number of nitrogens with zero attached hydrogens (tertiary/aromatic N) is 3. The Morgan fingerprint density at radius 2 is 1.86 bits per heavy atom. The van der Waals surface area contributed by atoms with E-state index in [0.717, 1.165) is 6.33 Å². The summed E-state index contributed by atoms with van der Waals surface area (Å²) in [6.45, 7) is 0. The Balaban J connectivity index is 2.49. The van der Waals surface area contributed by atoms with Crippen molar-refractivity contribution in [3.8, 4) is 11.6 Å². The van der Waals surface area contributed by atoms with Gasteiger partial charge in [-0.15, -0.1) is 0 Å². The predicted molar refractivity (Wildman–Crippen MR) is 79.8 cm³/mol. The molecule has 0 aliphatic carbocycles. The summed E-state index contributed by atoms with van der Waals surface area (Å²) in [6, 6.07) is 2.71. The molecule has 1 aromatic carbocycles. The molecular formula is C11H7Cl3N4O3. The molecule has 10 heteroatoms. The Kier molecular flexibility index (Phi) is 4.66. The second kappa shape index (κ2) is 6.30. The summed E-state index contributed by atoms with van der Waals surface area (Å²) in [5, 5.41) is 14.3. The van der Waals surface area contributed by atoms with Crippen molar-refractivity contribution in [2.75, 3.05) is 12.4 Å². The average Bonchev–Trinajstić information content (AvgIpc) is 2.44. The van der Waals surface area contributed by atoms with E-state index in [2.05, 4.69) is 15.3 Å². The number of halogens is 3. The largest absolute Gasteiger partial charge is 0.432 e. The molecular weight excluding hydrogens is 343 g/mol. The average molecular weight is 350 g/mol. The van der Waals surface area contributed by atoms with Crippen LogP contribution in [0.1, 0.15) is 0 Å². The Labute approximate surface area is 134 Å². The fourth-order valence-corrected chi connectivity index (χ4v) is 2.05. The minimum atomic E-state index is -0.660. The first kappa shape index (κ1) is 15.6. The van der Waals surface area contributed by atoms with Crippen LogP contribution in [-0.2, 0) is 0 Å². The van der Waals surface area contributed by atoms with Gasteiger partial charge >= 0.3 is 11.6 Å². The van der Waals surface area contributed by atoms with Crippen LogP contribution in [0.15, 0.2) is 18.5 Å². The van der Waals surface area contributed by atoms with Crippen molar-refractivity contribution in [3.05, 3.63) is 43.6 Å². The number of hydrogen-bond donors (Lipinski definition) is 1. The molecule has 110 valence electrons. The Morgan fingerprint density at radius 3 is 2.48 bits per heavy atom. The Morgan fingerprint density at radius 1 is 1.19 bits per heavy atom. The molecule has 0 atom stereocenters. The number of ether oxygens (including phenoxy) is 1. The van der Waals surface area contributed by atoms with Crippen molar-refractivity contribution in [1.29, 1.82) is 0 Å². The Hall–Kier alpha value is -1.83. The molecule has 0 radical (unpaired) electrons. The highest BCUT2D eigenvalue weighted by molar-refractivity contribution is 6.43. The van der Waals surface area contributed by atoms with E-state index in [-0.39, 0.29) is 32.5 Å². The molecule has 7 nitrogen and oxygen atoms in total. The van der Waals surface area contributed by atoms with E-state index in [1.54, 1.807) is 0 Å². The second-order valence-corrected chi connectivity index (χ2v) is 4.90. The van der Waals surface area contributed by atoms with Gasteiger partial charge < -0.3 is 10.1 Å². The van der Waals surface area contributed by atoms with Crippen LogP contribution in [0.2, 0.25) is 15.1 Å². The number of nitro groups is 1. The summed E-state index contributed by atoms with van der Waals surface area (Å²) in [7, 11) is 1.49. The summed E-state index contributed by atoms with van der Waals surface area (Å²) in [5.41, 5.74) is -0.415. The van der Waals surface area contributed by atoms with Gasteiger partial charge in [-0.1, -0.05) is 34.8 Å². The zero-order valence-electron chi connectivity index (χ0n) is 10.4. The zero-order chi connectivity index (χ0) is 15.6. The van der Waals surface area contributed by atoms with Crippen LogP contribution in [0.4, 0.5) is 11.5 Å². The molecule has 1 N–H and O–H groups in total. The van der Waals surface area contributed by atoms with E-state index in [9.17, 15) is 10.1 Å². The van der Waals surface area contributed by atoms with Crippen molar-refractivity contribution >= 4 is 46.3 Å². The van der Waals surface area contributed by atoms with Gasteiger partial charge in [0.1, 0.15) is 12.1 Å². The topological polar surface area (TPSA) is 90.2 Å². The molecule has 0 aliphatic rings. The lowest BCUT2D eigenvalue weighted by Gasteiger charge is -2.09. The summed E-state index contributed by atoms with van der Waals surface area (Å²) in [5.74, 6) is -0.157. The monoisotopic (exact) mass is 348 g/mol. The van der Waals surface area contributed by atoms with Gasteiger partial charge in [0.25, 0.3) is 0 Å². The van der Waals surface area contributed by atoms with Crippen LogP contribution in [0, 0.1) is 10.1 Å². The van der Waals surface area contributed by atoms with Crippen LogP contribution in [0.5, 0.6) is 11.6 Å². The van der Waals surface area contributed by atoms with Gasteiger partial charge in [-0.3, -0.25) is 10.1 Å². The molecule has 1 aromatic heterocycles. The predicted octanol–water partition coefficient (Wildman–Crippen LogP) is 4.18. The minimum Gasteiger partial charge on any atom is -0.432 e. The number of rotatable bonds is 4. The normalized spacial score (nSPS) is 10.3. The minimum absolute atomic E-state index is 0.0150. The fourth-order valence-electron chi connectivity index (χ4n) is 1.47. The highest BCUT2D eigenvalue weighted by Crippen LogP contribution is 2.39. The van der Waals surface area contributed by atoms with Crippen LogP contribution in [-0.4, -0.2) is 21.9 Å². The molecule has 0 aliphatic heterocycles. The lowest BCUT2D eigenvalue weighted by atomic mass is 10.3. The highest BCUT2D eigenvalue weighted by atomic mass is 35.5. The first-order chi connectivity index (χ1) is 9.93. The van der Waals surface area contributed by atoms with E-state index in [4.69, 9.17) is 39.5 Å². The molecule has 0 unspecified atom stereocenters. The maximum absolute atomic E-state index is 11.1. The van der Waals surface area contributed by atoms with E-state index < -0.39 is 10.6 Å². The molecule has 2 aromatic rings. The number of hydrogen-bond acceptors (Lipinski definition) is 6. The third kappa shape index (κ3) is 3.26. The molecule has 2 rings (SSSR count). The van der Waals surface area contributed by atoms with Crippen LogP contribution in [0.25, 0.3) is 0 Å². The third-order valence-corrected chi connectivity index (χ3v) is 3.41. The maximum Gasteiger partial charge on any atom is 0.373 e. The summed E-state index contributed by atoms with van der Waals surface area (Å²) in [6.07, 6.45) is 1.12. The van der Waals surface area contributed by atoms with Crippen molar-refractivity contribution in [3.63, 3.8) is 0 Å². The molecule has 0 spiro atoms. The van der Waals surface area contributed by atoms with Crippen molar-refractivity contribution in [2.45, 2.75) is 0 Å². The number of aromatic nitrogens is 2. The van der Waals surface area contributed by atoms with Gasteiger partial charge in [0.2, 0.25) is 5.82 Å². The third-order valence-electron chi connectivity index (χ3n) is 2.39. The maximum atomic E-state index is 11.1. The summed E-state index contributed by atoms with van der Waals surface area (Å²) in [4.78, 5) is 18.0. The zero-order valence-corrected chi connectivity index (χ0v) is 12.7. The van der Waals surface area contributed by atoms with Crippen LogP contribution >= 0.6 is 34.8 Å². The summed E-state index contributed by atoms with van der Waals surface area (Å²) < 4.78 is 5.37. The van der Waals surface area contributed by atoms with E-state index in [1.807, 2.05) is 0 Å². The van der Waals surface area contributed by atoms with Gasteiger partial charge in [0, 0.05) is 13.1 Å². The standard InChI is InChI=1S/C11H7Cl3N4O3/c1-15-10-9(18(19)20)11(17-4-16-10)21-8-3-6(13)5(12)2-7(8)14/h2-4H,1H3,(H,15,16,17). The smallest absolute Gasteiger partial charge is 0.373 e. The molecule has 0 fully saturated rings. The van der Waals surface area contributed by atoms with Gasteiger partial charge in [0.15, 0.2) is 0 Å². The van der Waals surface area contributed by atoms with Crippen molar-refractivity contribution in [2.24, 2.45) is 0 Å². The number of anilines is 1. The molecule has 0 bridgehead atoms. The van der Waals surface area contributed by atoms with Crippen molar-refractivity contribution in [1.82, 2.24) is 9.97 Å². The summed E-state index contributed by atoms with van der Waals surface area (Å²) >= 11 is 17.6. The molecule has 0 amide bonds. The molecule has 1 heterocycles. The van der Waals surface area contributed by atoms with Crippen molar-refractivity contribution < 1.29 is 9.66 Å². The van der Waals surface area contributed by atoms with Crippen LogP contribution < -0.4 is 10.1 Å². The lowest BCUT2D eigenvalue weighted by molar-refractivity contribution is -0.385. The quantitative estimate of drug-likeness (QED) is 0.506. The van der Waals surface area contributed by atoms with Gasteiger partial charge in [0.05, 0.1) is 20.0 Å². The van der Waals surface area contributed by atoms with Gasteiger partial charge in [-0.25, -0.2) is 4.98 Å². The van der Waals surface area contributed by atoms with E-state index in [1.165, 1.54) is 19.2 Å². The van der Waals surface area contributed by atoms with Gasteiger partial charge in [-0.2, -0.15) is 4.98 Å². The van der Waals surface area contributed by atoms with E-state index in [0.29, 0.717) is 0 Å². The fraction of sp³-hybridized carbons (Fsp3) is 0.0909. The molecule has 21 heavy (non-hydrogen) atoms. The second-order valence-electron chi connectivity index (χ2n) is 3.68. The van der Waals surface area contributed by atoms with E-state index >= 15 is 0 Å². The molecule has 0 saturated carbocycles. The lowest BCUT2D eigenvalue weighted by Crippen LogP contribution is -2.03. The van der Waals surface area contributed by atoms with Crippen LogP contribution in [0.3, 0.4) is 0 Å². The van der Waals surface area contributed by atoms with Gasteiger partial charge in [-0.05, 0) is 6.07 Å². The number of benzene rings is 1. The highest BCUT2D eigenvalue weighted by Gasteiger charge is 2.25. The first-order valence-electron chi connectivity index (χ1n) is 5.43. The SMILES string of the molecule is CNc1ncnc(Oc2cc(Cl)c(Cl)cc2Cl)c1[N+](=O)[O-].